The maximum absolute atomic E-state index is 12.0. The zero-order chi connectivity index (χ0) is 13.0. The predicted octanol–water partition coefficient (Wildman–Crippen LogP) is -0.667. The quantitative estimate of drug-likeness (QED) is 0.660. The summed E-state index contributed by atoms with van der Waals surface area (Å²) in [5.41, 5.74) is -0.303. The number of hydrogen-bond acceptors (Lipinski definition) is 5. The van der Waals surface area contributed by atoms with Gasteiger partial charge in [-0.3, -0.25) is 9.59 Å². The Hall–Kier alpha value is -1.73. The molecule has 18 heavy (non-hydrogen) atoms. The van der Waals surface area contributed by atoms with Gasteiger partial charge in [-0.15, -0.1) is 0 Å². The molecule has 1 fully saturated rings. The molecule has 7 heteroatoms. The lowest BCUT2D eigenvalue weighted by Crippen LogP contribution is -2.41. The van der Waals surface area contributed by atoms with Crippen molar-refractivity contribution in [2.24, 2.45) is 5.92 Å². The first-order chi connectivity index (χ1) is 8.70. The van der Waals surface area contributed by atoms with E-state index in [-0.39, 0.29) is 23.4 Å². The number of hydrogen-bond donors (Lipinski definition) is 3. The van der Waals surface area contributed by atoms with Gasteiger partial charge < -0.3 is 15.4 Å². The Morgan fingerprint density at radius 3 is 3.06 bits per heavy atom. The van der Waals surface area contributed by atoms with Crippen LogP contribution in [0.5, 0.6) is 0 Å². The van der Waals surface area contributed by atoms with Gasteiger partial charge in [0, 0.05) is 12.1 Å². The lowest BCUT2D eigenvalue weighted by atomic mass is 10.0. The molecule has 1 amide bonds. The Balaban J connectivity index is 1.98. The number of H-pyrrole nitrogens is 1. The highest BCUT2D eigenvalue weighted by molar-refractivity contribution is 5.92. The average Bonchev–Trinajstić information content (AvgIpc) is 2.81. The normalized spacial score (nSPS) is 22.9. The van der Waals surface area contributed by atoms with Crippen molar-refractivity contribution in [1.29, 1.82) is 0 Å². The van der Waals surface area contributed by atoms with E-state index in [1.54, 1.807) is 0 Å². The minimum atomic E-state index is -0.303. The monoisotopic (exact) mass is 252 g/mol. The van der Waals surface area contributed by atoms with Gasteiger partial charge in [0.25, 0.3) is 5.56 Å². The maximum Gasteiger partial charge on any atom is 0.264 e. The fourth-order valence-electron chi connectivity index (χ4n) is 1.91. The highest BCUT2D eigenvalue weighted by Gasteiger charge is 2.33. The first-order valence-corrected chi connectivity index (χ1v) is 5.88. The molecule has 0 spiro atoms. The number of ether oxygens (including phenoxy) is 1. The first kappa shape index (κ1) is 12.7. The van der Waals surface area contributed by atoms with Gasteiger partial charge in [-0.05, 0) is 12.6 Å². The van der Waals surface area contributed by atoms with Crippen molar-refractivity contribution in [2.75, 3.05) is 25.1 Å². The van der Waals surface area contributed by atoms with E-state index in [1.165, 1.54) is 12.1 Å². The molecular formula is C11H16N4O3. The van der Waals surface area contributed by atoms with Crippen LogP contribution in [0, 0.1) is 5.92 Å². The van der Waals surface area contributed by atoms with Gasteiger partial charge in [0.15, 0.2) is 5.82 Å². The lowest BCUT2D eigenvalue weighted by molar-refractivity contribution is -0.120. The summed E-state index contributed by atoms with van der Waals surface area (Å²) in [6.07, 6.45) is 0. The van der Waals surface area contributed by atoms with Gasteiger partial charge in [-0.1, -0.05) is 6.92 Å². The first-order valence-electron chi connectivity index (χ1n) is 5.88. The summed E-state index contributed by atoms with van der Waals surface area (Å²) in [5, 5.41) is 11.9. The standard InChI is InChI=1S/C11H16N4O3/c1-2-12-8-6-18-5-7(8)11(17)13-9-3-4-10(16)15-14-9/h3-4,7-8,12H,2,5-6H2,1H3,(H,15,16)(H,13,14,17). The van der Waals surface area contributed by atoms with E-state index in [2.05, 4.69) is 20.8 Å². The van der Waals surface area contributed by atoms with Gasteiger partial charge in [-0.25, -0.2) is 5.10 Å². The third-order valence-electron chi connectivity index (χ3n) is 2.81. The van der Waals surface area contributed by atoms with Crippen LogP contribution >= 0.6 is 0 Å². The van der Waals surface area contributed by atoms with Crippen molar-refractivity contribution >= 4 is 11.7 Å². The molecule has 0 radical (unpaired) electrons. The molecule has 0 aliphatic carbocycles. The zero-order valence-electron chi connectivity index (χ0n) is 10.1. The molecular weight excluding hydrogens is 236 g/mol. The maximum atomic E-state index is 12.0. The van der Waals surface area contributed by atoms with Crippen molar-refractivity contribution in [1.82, 2.24) is 15.5 Å². The molecule has 0 bridgehead atoms. The van der Waals surface area contributed by atoms with E-state index in [4.69, 9.17) is 4.74 Å². The smallest absolute Gasteiger partial charge is 0.264 e. The fourth-order valence-corrected chi connectivity index (χ4v) is 1.91. The van der Waals surface area contributed by atoms with E-state index in [0.29, 0.717) is 19.0 Å². The summed E-state index contributed by atoms with van der Waals surface area (Å²) in [6.45, 7) is 3.70. The van der Waals surface area contributed by atoms with Crippen molar-refractivity contribution in [3.63, 3.8) is 0 Å². The Bertz CT molecular complexity index is 453. The van der Waals surface area contributed by atoms with Crippen LogP contribution in [0.2, 0.25) is 0 Å². The van der Waals surface area contributed by atoms with Crippen molar-refractivity contribution in [3.8, 4) is 0 Å². The number of nitrogens with one attached hydrogen (secondary N) is 3. The second kappa shape index (κ2) is 5.74. The molecule has 2 heterocycles. The van der Waals surface area contributed by atoms with Crippen LogP contribution in [0.1, 0.15) is 6.92 Å². The molecule has 2 unspecified atom stereocenters. The van der Waals surface area contributed by atoms with Gasteiger partial charge in [0.1, 0.15) is 0 Å². The minimum Gasteiger partial charge on any atom is -0.379 e. The van der Waals surface area contributed by atoms with Gasteiger partial charge in [0.05, 0.1) is 19.1 Å². The molecule has 1 aliphatic heterocycles. The highest BCUT2D eigenvalue weighted by atomic mass is 16.5. The summed E-state index contributed by atoms with van der Waals surface area (Å²) in [7, 11) is 0. The van der Waals surface area contributed by atoms with Crippen molar-refractivity contribution in [3.05, 3.63) is 22.5 Å². The van der Waals surface area contributed by atoms with Crippen LogP contribution in [0.25, 0.3) is 0 Å². The molecule has 3 N–H and O–H groups in total. The Morgan fingerprint density at radius 1 is 1.56 bits per heavy atom. The fraction of sp³-hybridized carbons (Fsp3) is 0.545. The van der Waals surface area contributed by atoms with Crippen LogP contribution in [-0.2, 0) is 9.53 Å². The summed E-state index contributed by atoms with van der Waals surface area (Å²) in [5.74, 6) is -0.0570. The highest BCUT2D eigenvalue weighted by Crippen LogP contribution is 2.15. The number of carbonyl (C=O) groups excluding carboxylic acids is 1. The number of likely N-dealkylation sites (N-methyl/N-ethyl adjacent to an activating group) is 1. The topological polar surface area (TPSA) is 96.1 Å². The Morgan fingerprint density at radius 2 is 2.39 bits per heavy atom. The van der Waals surface area contributed by atoms with Crippen molar-refractivity contribution < 1.29 is 9.53 Å². The SMILES string of the molecule is CCNC1COCC1C(=O)Nc1ccc(=O)[nH]n1. The average molecular weight is 252 g/mol. The summed E-state index contributed by atoms with van der Waals surface area (Å²) < 4.78 is 5.30. The molecule has 1 saturated heterocycles. The molecule has 2 atom stereocenters. The van der Waals surface area contributed by atoms with E-state index in [0.717, 1.165) is 6.54 Å². The predicted molar refractivity (Wildman–Crippen MR) is 65.3 cm³/mol. The summed E-state index contributed by atoms with van der Waals surface area (Å²) in [6, 6.07) is 2.81. The number of anilines is 1. The van der Waals surface area contributed by atoms with E-state index in [1.807, 2.05) is 6.92 Å². The molecule has 1 aromatic heterocycles. The van der Waals surface area contributed by atoms with Crippen LogP contribution in [0.4, 0.5) is 5.82 Å². The number of aromatic nitrogens is 2. The molecule has 0 aromatic carbocycles. The van der Waals surface area contributed by atoms with Crippen LogP contribution in [0.15, 0.2) is 16.9 Å². The van der Waals surface area contributed by atoms with E-state index >= 15 is 0 Å². The lowest BCUT2D eigenvalue weighted by Gasteiger charge is -2.17. The number of aromatic amines is 1. The summed E-state index contributed by atoms with van der Waals surface area (Å²) >= 11 is 0. The molecule has 2 rings (SSSR count). The van der Waals surface area contributed by atoms with Gasteiger partial charge in [0.2, 0.25) is 5.91 Å². The van der Waals surface area contributed by atoms with Crippen LogP contribution < -0.4 is 16.2 Å². The van der Waals surface area contributed by atoms with Gasteiger partial charge >= 0.3 is 0 Å². The summed E-state index contributed by atoms with van der Waals surface area (Å²) in [4.78, 5) is 22.9. The van der Waals surface area contributed by atoms with Crippen molar-refractivity contribution in [2.45, 2.75) is 13.0 Å². The third-order valence-corrected chi connectivity index (χ3v) is 2.81. The number of nitrogens with zero attached hydrogens (tertiary/aromatic N) is 1. The number of amides is 1. The molecule has 0 saturated carbocycles. The largest absolute Gasteiger partial charge is 0.379 e. The minimum absolute atomic E-state index is 0.0257. The third kappa shape index (κ3) is 2.93. The second-order valence-electron chi connectivity index (χ2n) is 4.10. The molecule has 7 nitrogen and oxygen atoms in total. The number of rotatable bonds is 4. The van der Waals surface area contributed by atoms with Gasteiger partial charge in [-0.2, -0.15) is 5.10 Å². The Kier molecular flexibility index (Phi) is 4.06. The molecule has 1 aliphatic rings. The second-order valence-corrected chi connectivity index (χ2v) is 4.10. The van der Waals surface area contributed by atoms with Crippen LogP contribution in [-0.4, -0.2) is 41.9 Å². The number of carbonyl (C=O) groups is 1. The molecule has 1 aromatic rings. The van der Waals surface area contributed by atoms with Crippen LogP contribution in [0.3, 0.4) is 0 Å². The van der Waals surface area contributed by atoms with E-state index < -0.39 is 0 Å². The zero-order valence-corrected chi connectivity index (χ0v) is 10.1. The Labute approximate surface area is 104 Å². The van der Waals surface area contributed by atoms with E-state index in [9.17, 15) is 9.59 Å². The molecule has 98 valence electrons.